The van der Waals surface area contributed by atoms with Gasteiger partial charge in [0.1, 0.15) is 0 Å². The van der Waals surface area contributed by atoms with E-state index >= 15 is 0 Å². The number of hydrogen-bond acceptors (Lipinski definition) is 4. The molecule has 72 valence electrons. The van der Waals surface area contributed by atoms with Crippen molar-refractivity contribution in [3.05, 3.63) is 15.6 Å². The molecule has 0 atom stereocenters. The van der Waals surface area contributed by atoms with E-state index in [1.807, 2.05) is 11.8 Å². The van der Waals surface area contributed by atoms with Crippen LogP contribution in [0, 0.1) is 11.3 Å². The fourth-order valence-corrected chi connectivity index (χ4v) is 6.29. The summed E-state index contributed by atoms with van der Waals surface area (Å²) in [5.74, 6) is 1.09. The van der Waals surface area contributed by atoms with Crippen molar-refractivity contribution in [1.82, 2.24) is 5.32 Å². The Kier molecular flexibility index (Phi) is 1.78. The van der Waals surface area contributed by atoms with Gasteiger partial charge in [-0.1, -0.05) is 0 Å². The number of hydrogen-bond donors (Lipinski definition) is 2. The van der Waals surface area contributed by atoms with Crippen molar-refractivity contribution >= 4 is 30.8 Å². The van der Waals surface area contributed by atoms with Gasteiger partial charge in [-0.05, 0) is 0 Å². The molecule has 5 heteroatoms. The summed E-state index contributed by atoms with van der Waals surface area (Å²) >= 11 is 2.24. The van der Waals surface area contributed by atoms with Crippen molar-refractivity contribution in [3.63, 3.8) is 0 Å². The molecule has 3 rings (SSSR count). The van der Waals surface area contributed by atoms with Gasteiger partial charge in [-0.2, -0.15) is 0 Å². The molecular weight excluding hydrogens is 261 g/mol. The van der Waals surface area contributed by atoms with Crippen molar-refractivity contribution in [2.24, 2.45) is 0 Å². The molecule has 0 amide bonds. The van der Waals surface area contributed by atoms with E-state index in [1.165, 1.54) is 10.0 Å². The van der Waals surface area contributed by atoms with Gasteiger partial charge in [0.25, 0.3) is 0 Å². The molecule has 0 radical (unpaired) electrons. The predicted molar refractivity (Wildman–Crippen MR) is 58.4 cm³/mol. The van der Waals surface area contributed by atoms with Gasteiger partial charge in [-0.15, -0.1) is 0 Å². The Morgan fingerprint density at radius 2 is 2.36 bits per heavy atom. The first-order chi connectivity index (χ1) is 6.77. The normalized spacial score (nSPS) is 21.6. The number of nitriles is 1. The molecule has 3 N–H and O–H groups in total. The molecule has 2 aliphatic rings. The summed E-state index contributed by atoms with van der Waals surface area (Å²) in [5.41, 5.74) is 7.98. The molecular formula is C9H9N3SSe. The van der Waals surface area contributed by atoms with Gasteiger partial charge in [0, 0.05) is 0 Å². The summed E-state index contributed by atoms with van der Waals surface area (Å²) in [6.45, 7) is 2.01. The van der Waals surface area contributed by atoms with Crippen LogP contribution in [0.4, 0.5) is 4.56 Å². The van der Waals surface area contributed by atoms with Crippen LogP contribution >= 0.6 is 11.8 Å². The zero-order chi connectivity index (χ0) is 9.76. The zero-order valence-electron chi connectivity index (χ0n) is 7.46. The third-order valence-electron chi connectivity index (χ3n) is 2.88. The van der Waals surface area contributed by atoms with Gasteiger partial charge >= 0.3 is 92.4 Å². The molecule has 0 aliphatic carbocycles. The van der Waals surface area contributed by atoms with E-state index < -0.39 is 0 Å². The van der Waals surface area contributed by atoms with E-state index in [1.54, 1.807) is 0 Å². The van der Waals surface area contributed by atoms with Crippen LogP contribution in [0.5, 0.6) is 0 Å². The summed E-state index contributed by atoms with van der Waals surface area (Å²) in [6.07, 6.45) is 0. The van der Waals surface area contributed by atoms with Crippen LogP contribution in [0.25, 0.3) is 0 Å². The second-order valence-corrected chi connectivity index (χ2v) is 7.38. The molecule has 1 aromatic rings. The molecule has 0 saturated carbocycles. The Bertz CT molecular complexity index is 442. The van der Waals surface area contributed by atoms with Crippen molar-refractivity contribution < 1.29 is 0 Å². The summed E-state index contributed by atoms with van der Waals surface area (Å²) in [6, 6.07) is 2.28. The van der Waals surface area contributed by atoms with Crippen LogP contribution in [0.1, 0.15) is 15.6 Å². The number of nitrogens with one attached hydrogen (secondary N) is 1. The van der Waals surface area contributed by atoms with Crippen LogP contribution in [-0.2, 0) is 10.5 Å². The third kappa shape index (κ3) is 0.922. The van der Waals surface area contributed by atoms with Crippen molar-refractivity contribution in [3.8, 4) is 6.07 Å². The Morgan fingerprint density at radius 3 is 2.93 bits per heavy atom. The van der Waals surface area contributed by atoms with E-state index in [0.29, 0.717) is 0 Å². The SMILES string of the molecule is N#Cc1c(N)[se]c2c1C1(CNC1)SC2. The Morgan fingerprint density at radius 1 is 1.57 bits per heavy atom. The van der Waals surface area contributed by atoms with Gasteiger partial charge in [0.05, 0.1) is 0 Å². The Labute approximate surface area is 92.4 Å². The number of rotatable bonds is 0. The minimum absolute atomic E-state index is 0.212. The average Bonchev–Trinajstić information content (AvgIpc) is 2.58. The second-order valence-electron chi connectivity index (χ2n) is 3.64. The number of thioether (sulfide) groups is 1. The fraction of sp³-hybridized carbons (Fsp3) is 0.444. The van der Waals surface area contributed by atoms with E-state index in [0.717, 1.165) is 29.0 Å². The minimum atomic E-state index is 0.212. The number of nitrogen functional groups attached to an aromatic ring is 1. The molecule has 1 fully saturated rings. The van der Waals surface area contributed by atoms with E-state index in [-0.39, 0.29) is 19.3 Å². The van der Waals surface area contributed by atoms with Crippen LogP contribution in [0.15, 0.2) is 0 Å². The van der Waals surface area contributed by atoms with Gasteiger partial charge in [-0.3, -0.25) is 0 Å². The molecule has 3 nitrogen and oxygen atoms in total. The Hall–Kier alpha value is -0.401. The molecule has 1 saturated heterocycles. The third-order valence-corrected chi connectivity index (χ3v) is 6.91. The maximum absolute atomic E-state index is 9.09. The summed E-state index contributed by atoms with van der Waals surface area (Å²) < 4.78 is 2.51. The quantitative estimate of drug-likeness (QED) is 0.663. The summed E-state index contributed by atoms with van der Waals surface area (Å²) in [7, 11) is 0. The maximum atomic E-state index is 9.09. The molecule has 14 heavy (non-hydrogen) atoms. The average molecular weight is 270 g/mol. The topological polar surface area (TPSA) is 61.8 Å². The molecule has 0 aromatic carbocycles. The van der Waals surface area contributed by atoms with Crippen LogP contribution in [0.2, 0.25) is 0 Å². The number of nitrogens with two attached hydrogens (primary N) is 1. The first-order valence-corrected chi connectivity index (χ1v) is 7.13. The molecule has 2 aliphatic heterocycles. The van der Waals surface area contributed by atoms with Crippen LogP contribution < -0.4 is 11.1 Å². The first-order valence-electron chi connectivity index (χ1n) is 4.43. The first kappa shape index (κ1) is 8.87. The molecule has 3 heterocycles. The van der Waals surface area contributed by atoms with Gasteiger partial charge < -0.3 is 0 Å². The van der Waals surface area contributed by atoms with Crippen molar-refractivity contribution in [1.29, 1.82) is 5.26 Å². The molecule has 1 aromatic heterocycles. The molecule has 0 unspecified atom stereocenters. The monoisotopic (exact) mass is 271 g/mol. The van der Waals surface area contributed by atoms with Crippen molar-refractivity contribution in [2.75, 3.05) is 18.8 Å². The molecule has 1 spiro atoms. The second kappa shape index (κ2) is 2.80. The number of nitrogens with zero attached hydrogens (tertiary/aromatic N) is 1. The number of fused-ring (bicyclic) bond motifs is 2. The van der Waals surface area contributed by atoms with Gasteiger partial charge in [0.15, 0.2) is 0 Å². The van der Waals surface area contributed by atoms with Crippen molar-refractivity contribution in [2.45, 2.75) is 10.5 Å². The predicted octanol–water partition coefficient (Wildman–Crippen LogP) is 0.243. The van der Waals surface area contributed by atoms with E-state index in [2.05, 4.69) is 11.4 Å². The fourth-order valence-electron chi connectivity index (χ4n) is 2.10. The summed E-state index contributed by atoms with van der Waals surface area (Å²) in [4.78, 5) is 0. The van der Waals surface area contributed by atoms with Crippen LogP contribution in [0.3, 0.4) is 0 Å². The van der Waals surface area contributed by atoms with Gasteiger partial charge in [-0.25, -0.2) is 0 Å². The Balaban J connectivity index is 2.22. The van der Waals surface area contributed by atoms with E-state index in [4.69, 9.17) is 11.0 Å². The molecule has 0 bridgehead atoms. The van der Waals surface area contributed by atoms with E-state index in [9.17, 15) is 0 Å². The van der Waals surface area contributed by atoms with Gasteiger partial charge in [0.2, 0.25) is 0 Å². The number of anilines is 1. The standard InChI is InChI=1S/C9H9N3SSe/c10-1-5-7-6(14-8(5)11)2-13-9(7)3-12-4-9/h12H,2-4,11H2. The zero-order valence-corrected chi connectivity index (χ0v) is 9.99. The summed E-state index contributed by atoms with van der Waals surface area (Å²) in [5, 5.41) is 12.4. The van der Waals surface area contributed by atoms with Crippen LogP contribution in [-0.4, -0.2) is 27.6 Å².